The maximum atomic E-state index is 2.16. The summed E-state index contributed by atoms with van der Waals surface area (Å²) in [5.74, 6) is 0. The normalized spacial score (nSPS) is 8.14. The molecule has 0 radical (unpaired) electrons. The van der Waals surface area contributed by atoms with E-state index in [2.05, 4.69) is 59.0 Å². The predicted octanol–water partition coefficient (Wildman–Crippen LogP) is -7.35. The fourth-order valence-electron chi connectivity index (χ4n) is 1.23. The first kappa shape index (κ1) is 17.8. The van der Waals surface area contributed by atoms with Crippen LogP contribution in [0, 0.1) is 0 Å². The molecule has 0 saturated heterocycles. The third-order valence-electron chi connectivity index (χ3n) is 1.79. The molecule has 14 heavy (non-hydrogen) atoms. The van der Waals surface area contributed by atoms with Crippen molar-refractivity contribution in [3.63, 3.8) is 0 Å². The second-order valence-electron chi connectivity index (χ2n) is 2.53. The molecule has 0 N–H and O–H groups in total. The standard InChI is InChI=1S/C10H7Ge.3HI/c11-10-7-3-5-8-4-1-2-6-9(8)10;;;/h1-7H;3*1H/q+3;;;/p-3. The summed E-state index contributed by atoms with van der Waals surface area (Å²) in [5, 5.41) is 2.68. The van der Waals surface area contributed by atoms with Crippen LogP contribution in [0.15, 0.2) is 42.5 Å². The van der Waals surface area contributed by atoms with E-state index in [9.17, 15) is 0 Å². The van der Waals surface area contributed by atoms with Crippen molar-refractivity contribution in [1.82, 2.24) is 0 Å². The van der Waals surface area contributed by atoms with E-state index in [0.717, 1.165) is 0 Å². The Bertz CT molecular complexity index is 385. The van der Waals surface area contributed by atoms with Crippen molar-refractivity contribution >= 4 is 31.7 Å². The van der Waals surface area contributed by atoms with E-state index in [1.807, 2.05) is 0 Å². The summed E-state index contributed by atoms with van der Waals surface area (Å²) in [5.41, 5.74) is 0. The van der Waals surface area contributed by atoms with Crippen LogP contribution in [0.25, 0.3) is 10.8 Å². The summed E-state index contributed by atoms with van der Waals surface area (Å²) in [6, 6.07) is 14.8. The molecule has 0 nitrogen and oxygen atoms in total. The Balaban J connectivity index is 0. The smallest absolute Gasteiger partial charge is 1.00 e. The summed E-state index contributed by atoms with van der Waals surface area (Å²) in [6.45, 7) is 0. The maximum Gasteiger partial charge on any atom is -1.00 e. The SMILES string of the molecule is [Ge+3][c]1cccc2ccccc12.[I-].[I-].[I-]. The van der Waals surface area contributed by atoms with Crippen LogP contribution in [0.3, 0.4) is 0 Å². The summed E-state index contributed by atoms with van der Waals surface area (Å²) in [7, 11) is 0. The second-order valence-corrected chi connectivity index (χ2v) is 3.66. The molecule has 0 unspecified atom stereocenters. The molecule has 4 heteroatoms. The molecule has 0 aliphatic carbocycles. The van der Waals surface area contributed by atoms with Crippen LogP contribution in [0.1, 0.15) is 0 Å². The molecule has 0 fully saturated rings. The molecule has 0 aromatic heterocycles. The Morgan fingerprint density at radius 3 is 1.93 bits per heavy atom. The Morgan fingerprint density at radius 1 is 0.714 bits per heavy atom. The molecule has 72 valence electrons. The average molecular weight is 580 g/mol. The van der Waals surface area contributed by atoms with E-state index < -0.39 is 0 Å². The van der Waals surface area contributed by atoms with Gasteiger partial charge in [-0.25, -0.2) is 0 Å². The van der Waals surface area contributed by atoms with Gasteiger partial charge in [0.25, 0.3) is 0 Å². The molecule has 2 aromatic carbocycles. The minimum Gasteiger partial charge on any atom is -1.00 e. The molecule has 0 spiro atoms. The van der Waals surface area contributed by atoms with Gasteiger partial charge in [0.05, 0.1) is 0 Å². The average Bonchev–Trinajstić information content (AvgIpc) is 2.06. The van der Waals surface area contributed by atoms with Crippen molar-refractivity contribution in [2.75, 3.05) is 0 Å². The number of hydrogen-bond acceptors (Lipinski definition) is 0. The Labute approximate surface area is 144 Å². The molecule has 0 atom stereocenters. The molecule has 0 saturated carbocycles. The monoisotopic (exact) mass is 582 g/mol. The van der Waals surface area contributed by atoms with Gasteiger partial charge in [-0.1, -0.05) is 0 Å². The zero-order chi connectivity index (χ0) is 7.68. The molecule has 2 rings (SSSR count). The summed E-state index contributed by atoms with van der Waals surface area (Å²) >= 11 is 2.14. The van der Waals surface area contributed by atoms with Gasteiger partial charge in [0, 0.05) is 0 Å². The van der Waals surface area contributed by atoms with Crippen LogP contribution in [0.2, 0.25) is 0 Å². The van der Waals surface area contributed by atoms with Crippen molar-refractivity contribution in [3.8, 4) is 0 Å². The van der Waals surface area contributed by atoms with Gasteiger partial charge in [-0.3, -0.25) is 0 Å². The van der Waals surface area contributed by atoms with E-state index in [4.69, 9.17) is 0 Å². The molecule has 0 bridgehead atoms. The van der Waals surface area contributed by atoms with Crippen LogP contribution in [-0.4, -0.2) is 16.5 Å². The summed E-state index contributed by atoms with van der Waals surface area (Å²) in [6.07, 6.45) is 0. The number of fused-ring (bicyclic) bond motifs is 1. The van der Waals surface area contributed by atoms with Crippen molar-refractivity contribution in [2.24, 2.45) is 0 Å². The van der Waals surface area contributed by atoms with Gasteiger partial charge < -0.3 is 71.9 Å². The molecular weight excluding hydrogens is 573 g/mol. The quantitative estimate of drug-likeness (QED) is 0.215. The zero-order valence-electron chi connectivity index (χ0n) is 7.18. The van der Waals surface area contributed by atoms with Gasteiger partial charge >= 0.3 is 74.1 Å². The van der Waals surface area contributed by atoms with E-state index in [1.54, 1.807) is 0 Å². The fraction of sp³-hybridized carbons (Fsp3) is 0. The van der Waals surface area contributed by atoms with Crippen LogP contribution < -0.4 is 76.3 Å². The van der Waals surface area contributed by atoms with Gasteiger partial charge in [-0.05, 0) is 0 Å². The van der Waals surface area contributed by atoms with Gasteiger partial charge in [-0.2, -0.15) is 0 Å². The number of hydrogen-bond donors (Lipinski definition) is 0. The van der Waals surface area contributed by atoms with E-state index >= 15 is 0 Å². The Morgan fingerprint density at radius 2 is 1.29 bits per heavy atom. The Hall–Kier alpha value is 1.43. The second kappa shape index (κ2) is 8.57. The first-order valence-corrected chi connectivity index (χ1v) is 4.62. The summed E-state index contributed by atoms with van der Waals surface area (Å²) in [4.78, 5) is 0. The molecular formula is C10H7GeI3. The zero-order valence-corrected chi connectivity index (χ0v) is 15.7. The van der Waals surface area contributed by atoms with Crippen molar-refractivity contribution in [1.29, 1.82) is 0 Å². The molecule has 0 aliphatic rings. The summed E-state index contributed by atoms with van der Waals surface area (Å²) < 4.78 is 1.35. The van der Waals surface area contributed by atoms with Crippen LogP contribution in [0.4, 0.5) is 0 Å². The van der Waals surface area contributed by atoms with E-state index in [1.165, 1.54) is 15.2 Å². The molecule has 2 aromatic rings. The number of rotatable bonds is 0. The van der Waals surface area contributed by atoms with Gasteiger partial charge in [0.2, 0.25) is 0 Å². The number of halogens is 3. The van der Waals surface area contributed by atoms with Gasteiger partial charge in [0.1, 0.15) is 0 Å². The molecule has 0 aliphatic heterocycles. The van der Waals surface area contributed by atoms with Crippen LogP contribution in [-0.2, 0) is 0 Å². The predicted molar refractivity (Wildman–Crippen MR) is 49.3 cm³/mol. The third kappa shape index (κ3) is 4.13. The fourth-order valence-corrected chi connectivity index (χ4v) is 1.90. The van der Waals surface area contributed by atoms with E-state index in [-0.39, 0.29) is 71.9 Å². The Kier molecular flexibility index (Phi) is 10.9. The minimum absolute atomic E-state index is 0. The third-order valence-corrected chi connectivity index (χ3v) is 2.70. The first-order chi connectivity index (χ1) is 5.38. The first-order valence-electron chi connectivity index (χ1n) is 3.57. The largest absolute Gasteiger partial charge is 1.00 e. The minimum atomic E-state index is 0. The number of benzene rings is 2. The van der Waals surface area contributed by atoms with Gasteiger partial charge in [-0.15, -0.1) is 0 Å². The van der Waals surface area contributed by atoms with Crippen molar-refractivity contribution in [3.05, 3.63) is 42.5 Å². The topological polar surface area (TPSA) is 0 Å². The maximum absolute atomic E-state index is 2.16. The molecule has 0 amide bonds. The molecule has 0 heterocycles. The van der Waals surface area contributed by atoms with Crippen LogP contribution in [0.5, 0.6) is 0 Å². The van der Waals surface area contributed by atoms with Crippen molar-refractivity contribution < 1.29 is 71.9 Å². The van der Waals surface area contributed by atoms with Gasteiger partial charge in [0.15, 0.2) is 0 Å². The van der Waals surface area contributed by atoms with E-state index in [0.29, 0.717) is 0 Å². The van der Waals surface area contributed by atoms with Crippen molar-refractivity contribution in [2.45, 2.75) is 0 Å². The van der Waals surface area contributed by atoms with Crippen LogP contribution >= 0.6 is 0 Å².